The van der Waals surface area contributed by atoms with Gasteiger partial charge < -0.3 is 10.1 Å². The molecule has 0 unspecified atom stereocenters. The number of nitrogens with zero attached hydrogens (tertiary/aromatic N) is 1. The van der Waals surface area contributed by atoms with Crippen LogP contribution in [0.4, 0.5) is 11.4 Å². The predicted molar refractivity (Wildman–Crippen MR) is 97.2 cm³/mol. The van der Waals surface area contributed by atoms with Crippen LogP contribution in [0.25, 0.3) is 0 Å². The fourth-order valence-corrected chi connectivity index (χ4v) is 2.48. The first kappa shape index (κ1) is 19.4. The Kier molecular flexibility index (Phi) is 6.68. The van der Waals surface area contributed by atoms with E-state index < -0.39 is 23.4 Å². The van der Waals surface area contributed by atoms with E-state index in [9.17, 15) is 19.7 Å². The van der Waals surface area contributed by atoms with Crippen molar-refractivity contribution in [2.24, 2.45) is 0 Å². The van der Waals surface area contributed by atoms with Gasteiger partial charge in [-0.2, -0.15) is 0 Å². The van der Waals surface area contributed by atoms with Crippen LogP contribution in [0.5, 0.6) is 0 Å². The predicted octanol–water partition coefficient (Wildman–Crippen LogP) is 3.92. The zero-order valence-corrected chi connectivity index (χ0v) is 14.7. The SMILES string of the molecule is C[C@H](CC(=O)OCC(=O)Nc1cc(Cl)ccc1[N+](=O)[O-])c1ccccc1. The first-order valence-electron chi connectivity index (χ1n) is 7.81. The molecule has 0 aliphatic carbocycles. The molecular formula is C18H17ClN2O5. The van der Waals surface area contributed by atoms with Crippen LogP contribution < -0.4 is 5.32 Å². The molecule has 0 saturated heterocycles. The molecule has 0 aliphatic heterocycles. The summed E-state index contributed by atoms with van der Waals surface area (Å²) < 4.78 is 4.94. The molecule has 1 N–H and O–H groups in total. The van der Waals surface area contributed by atoms with Crippen LogP contribution in [-0.4, -0.2) is 23.4 Å². The number of carbonyl (C=O) groups excluding carboxylic acids is 2. The summed E-state index contributed by atoms with van der Waals surface area (Å²) in [6, 6.07) is 13.2. The number of hydrogen-bond acceptors (Lipinski definition) is 5. The van der Waals surface area contributed by atoms with Gasteiger partial charge in [0, 0.05) is 11.1 Å². The molecular weight excluding hydrogens is 360 g/mol. The third-order valence-electron chi connectivity index (χ3n) is 3.64. The van der Waals surface area contributed by atoms with Crippen molar-refractivity contribution >= 4 is 34.9 Å². The van der Waals surface area contributed by atoms with Crippen LogP contribution >= 0.6 is 11.6 Å². The van der Waals surface area contributed by atoms with E-state index in [-0.39, 0.29) is 28.7 Å². The lowest BCUT2D eigenvalue weighted by atomic mass is 9.98. The molecule has 8 heteroatoms. The van der Waals surface area contributed by atoms with Gasteiger partial charge in [-0.05, 0) is 23.6 Å². The minimum Gasteiger partial charge on any atom is -0.456 e. The topological polar surface area (TPSA) is 98.5 Å². The van der Waals surface area contributed by atoms with Gasteiger partial charge in [-0.1, -0.05) is 48.9 Å². The largest absolute Gasteiger partial charge is 0.456 e. The fraction of sp³-hybridized carbons (Fsp3) is 0.222. The molecule has 0 aliphatic rings. The number of nitrogens with one attached hydrogen (secondary N) is 1. The van der Waals surface area contributed by atoms with Gasteiger partial charge in [0.2, 0.25) is 0 Å². The Morgan fingerprint density at radius 3 is 2.58 bits per heavy atom. The monoisotopic (exact) mass is 376 g/mol. The third kappa shape index (κ3) is 5.56. The second kappa shape index (κ2) is 8.96. The smallest absolute Gasteiger partial charge is 0.306 e. The number of halogens is 1. The van der Waals surface area contributed by atoms with Crippen LogP contribution in [0.15, 0.2) is 48.5 Å². The van der Waals surface area contributed by atoms with E-state index in [4.69, 9.17) is 16.3 Å². The Morgan fingerprint density at radius 1 is 1.23 bits per heavy atom. The zero-order chi connectivity index (χ0) is 19.1. The maximum Gasteiger partial charge on any atom is 0.306 e. The number of benzene rings is 2. The van der Waals surface area contributed by atoms with Gasteiger partial charge >= 0.3 is 5.97 Å². The van der Waals surface area contributed by atoms with Gasteiger partial charge in [-0.15, -0.1) is 0 Å². The summed E-state index contributed by atoms with van der Waals surface area (Å²) in [5, 5.41) is 13.5. The van der Waals surface area contributed by atoms with E-state index >= 15 is 0 Å². The zero-order valence-electron chi connectivity index (χ0n) is 14.0. The summed E-state index contributed by atoms with van der Waals surface area (Å²) >= 11 is 5.79. The van der Waals surface area contributed by atoms with Crippen LogP contribution in [0.2, 0.25) is 5.02 Å². The van der Waals surface area contributed by atoms with Crippen LogP contribution in [0.1, 0.15) is 24.8 Å². The van der Waals surface area contributed by atoms with Crippen LogP contribution in [-0.2, 0) is 14.3 Å². The first-order valence-corrected chi connectivity index (χ1v) is 8.19. The average Bonchev–Trinajstić information content (AvgIpc) is 2.60. The van der Waals surface area contributed by atoms with E-state index in [1.165, 1.54) is 18.2 Å². The summed E-state index contributed by atoms with van der Waals surface area (Å²) in [6.45, 7) is 1.34. The Morgan fingerprint density at radius 2 is 1.92 bits per heavy atom. The van der Waals surface area contributed by atoms with E-state index in [0.29, 0.717) is 0 Å². The lowest BCUT2D eigenvalue weighted by molar-refractivity contribution is -0.383. The highest BCUT2D eigenvalue weighted by Crippen LogP contribution is 2.27. The van der Waals surface area contributed by atoms with Crippen molar-refractivity contribution in [2.75, 3.05) is 11.9 Å². The molecule has 0 saturated carbocycles. The number of rotatable bonds is 7. The highest BCUT2D eigenvalue weighted by molar-refractivity contribution is 6.31. The second-order valence-corrected chi connectivity index (χ2v) is 6.08. The number of nitro groups is 1. The molecule has 1 atom stereocenters. The number of amides is 1. The molecule has 7 nitrogen and oxygen atoms in total. The molecule has 136 valence electrons. The third-order valence-corrected chi connectivity index (χ3v) is 3.87. The van der Waals surface area contributed by atoms with Crippen molar-refractivity contribution in [3.63, 3.8) is 0 Å². The number of anilines is 1. The maximum absolute atomic E-state index is 11.9. The molecule has 0 fully saturated rings. The average molecular weight is 377 g/mol. The fourth-order valence-electron chi connectivity index (χ4n) is 2.31. The number of esters is 1. The quantitative estimate of drug-likeness (QED) is 0.448. The Labute approximate surface area is 155 Å². The van der Waals surface area contributed by atoms with Crippen molar-refractivity contribution in [3.8, 4) is 0 Å². The maximum atomic E-state index is 11.9. The highest BCUT2D eigenvalue weighted by Gasteiger charge is 2.18. The van der Waals surface area contributed by atoms with E-state index in [2.05, 4.69) is 5.32 Å². The number of carbonyl (C=O) groups is 2. The Hall–Kier alpha value is -2.93. The summed E-state index contributed by atoms with van der Waals surface area (Å²) in [5.41, 5.74) is 0.636. The molecule has 26 heavy (non-hydrogen) atoms. The minimum absolute atomic E-state index is 0.0544. The highest BCUT2D eigenvalue weighted by atomic mass is 35.5. The van der Waals surface area contributed by atoms with Crippen molar-refractivity contribution < 1.29 is 19.2 Å². The van der Waals surface area contributed by atoms with E-state index in [1.54, 1.807) is 0 Å². The van der Waals surface area contributed by atoms with E-state index in [1.807, 2.05) is 37.3 Å². The van der Waals surface area contributed by atoms with Crippen molar-refractivity contribution in [1.29, 1.82) is 0 Å². The molecule has 0 heterocycles. The number of hydrogen-bond donors (Lipinski definition) is 1. The molecule has 0 aromatic heterocycles. The normalized spacial score (nSPS) is 11.5. The molecule has 0 radical (unpaired) electrons. The van der Waals surface area contributed by atoms with Gasteiger partial charge in [-0.25, -0.2) is 0 Å². The van der Waals surface area contributed by atoms with Crippen molar-refractivity contribution in [2.45, 2.75) is 19.3 Å². The summed E-state index contributed by atoms with van der Waals surface area (Å²) in [6.07, 6.45) is 0.120. The molecule has 2 rings (SSSR count). The Bertz CT molecular complexity index is 810. The second-order valence-electron chi connectivity index (χ2n) is 5.64. The lowest BCUT2D eigenvalue weighted by Crippen LogP contribution is -2.22. The van der Waals surface area contributed by atoms with Crippen molar-refractivity contribution in [1.82, 2.24) is 0 Å². The van der Waals surface area contributed by atoms with Crippen molar-refractivity contribution in [3.05, 3.63) is 69.2 Å². The number of ether oxygens (including phenoxy) is 1. The lowest BCUT2D eigenvalue weighted by Gasteiger charge is -2.11. The Balaban J connectivity index is 1.88. The summed E-state index contributed by atoms with van der Waals surface area (Å²) in [7, 11) is 0. The molecule has 2 aromatic carbocycles. The van der Waals surface area contributed by atoms with Gasteiger partial charge in [0.15, 0.2) is 6.61 Å². The summed E-state index contributed by atoms with van der Waals surface area (Å²) in [4.78, 5) is 34.1. The first-order chi connectivity index (χ1) is 12.4. The minimum atomic E-state index is -0.684. The molecule has 0 spiro atoms. The summed E-state index contributed by atoms with van der Waals surface area (Å²) in [5.74, 6) is -1.27. The molecule has 2 aromatic rings. The van der Waals surface area contributed by atoms with Gasteiger partial charge in [-0.3, -0.25) is 19.7 Å². The molecule has 1 amide bonds. The van der Waals surface area contributed by atoms with Crippen LogP contribution in [0, 0.1) is 10.1 Å². The van der Waals surface area contributed by atoms with Gasteiger partial charge in [0.25, 0.3) is 11.6 Å². The van der Waals surface area contributed by atoms with Gasteiger partial charge in [0.05, 0.1) is 11.3 Å². The van der Waals surface area contributed by atoms with Crippen LogP contribution in [0.3, 0.4) is 0 Å². The number of nitro benzene ring substituents is 1. The standard InChI is InChI=1S/C18H17ClN2O5/c1-12(13-5-3-2-4-6-13)9-18(23)26-11-17(22)20-15-10-14(19)7-8-16(15)21(24)25/h2-8,10,12H,9,11H2,1H3,(H,20,22)/t12-/m1/s1. The molecule has 0 bridgehead atoms. The van der Waals surface area contributed by atoms with Gasteiger partial charge in [0.1, 0.15) is 5.69 Å². The van der Waals surface area contributed by atoms with E-state index in [0.717, 1.165) is 5.56 Å².